The third-order valence-corrected chi connectivity index (χ3v) is 5.35. The quantitative estimate of drug-likeness (QED) is 0.489. The number of nitrogens with zero attached hydrogens (tertiary/aromatic N) is 2. The molecule has 1 fully saturated rings. The van der Waals surface area contributed by atoms with E-state index in [1.807, 2.05) is 30.3 Å². The fourth-order valence-electron chi connectivity index (χ4n) is 2.93. The maximum atomic E-state index is 12.7. The summed E-state index contributed by atoms with van der Waals surface area (Å²) in [5.41, 5.74) is 2.04. The Morgan fingerprint density at radius 3 is 2.37 bits per heavy atom. The molecule has 1 N–H and O–H groups in total. The van der Waals surface area contributed by atoms with E-state index >= 15 is 0 Å². The van der Waals surface area contributed by atoms with Gasteiger partial charge in [-0.25, -0.2) is 9.48 Å². The maximum Gasteiger partial charge on any atom is 0.357 e. The number of rotatable bonds is 6. The normalized spacial score (nSPS) is 13.2. The highest BCUT2D eigenvalue weighted by atomic mass is 35.5. The molecule has 1 aliphatic carbocycles. The van der Waals surface area contributed by atoms with Gasteiger partial charge < -0.3 is 10.1 Å². The van der Waals surface area contributed by atoms with Crippen LogP contribution in [-0.4, -0.2) is 28.3 Å². The molecule has 0 bridgehead atoms. The molecule has 2 aromatic carbocycles. The second-order valence-electron chi connectivity index (χ2n) is 6.84. The predicted octanol–water partition coefficient (Wildman–Crippen LogP) is 5.51. The summed E-state index contributed by atoms with van der Waals surface area (Å²) < 4.78 is 6.76. The lowest BCUT2D eigenvalue weighted by atomic mass is 10.2. The van der Waals surface area contributed by atoms with E-state index in [1.165, 1.54) is 12.1 Å². The standard InChI is InChI=1S/C21H16Cl3N3O3/c22-13-8-15(23)20(16(24)9-13)25-19(28)11-30-21(29)18-10-17(12-6-7-12)26-27(18)14-4-2-1-3-5-14/h1-5,8-10,12H,6-7,11H2,(H,25,28). The van der Waals surface area contributed by atoms with E-state index in [1.54, 1.807) is 10.7 Å². The molecule has 1 aromatic heterocycles. The SMILES string of the molecule is O=C(COC(=O)c1cc(C2CC2)nn1-c1ccccc1)Nc1c(Cl)cc(Cl)cc1Cl. The molecule has 0 saturated heterocycles. The number of ether oxygens (including phenoxy) is 1. The van der Waals surface area contributed by atoms with Gasteiger partial charge in [-0.2, -0.15) is 5.10 Å². The highest BCUT2D eigenvalue weighted by Gasteiger charge is 2.29. The molecule has 1 amide bonds. The molecular weight excluding hydrogens is 449 g/mol. The molecule has 30 heavy (non-hydrogen) atoms. The molecule has 1 saturated carbocycles. The van der Waals surface area contributed by atoms with Crippen LogP contribution in [0, 0.1) is 0 Å². The van der Waals surface area contributed by atoms with Crippen LogP contribution in [0.4, 0.5) is 5.69 Å². The molecule has 0 radical (unpaired) electrons. The highest BCUT2D eigenvalue weighted by Crippen LogP contribution is 2.40. The average molecular weight is 465 g/mol. The summed E-state index contributed by atoms with van der Waals surface area (Å²) in [5.74, 6) is -0.872. The maximum absolute atomic E-state index is 12.7. The minimum absolute atomic E-state index is 0.184. The van der Waals surface area contributed by atoms with E-state index < -0.39 is 18.5 Å². The van der Waals surface area contributed by atoms with Crippen molar-refractivity contribution >= 4 is 52.4 Å². The molecule has 4 rings (SSSR count). The molecule has 0 atom stereocenters. The number of aromatic nitrogens is 2. The topological polar surface area (TPSA) is 73.2 Å². The number of esters is 1. The van der Waals surface area contributed by atoms with Crippen molar-refractivity contribution in [2.24, 2.45) is 0 Å². The Morgan fingerprint density at radius 1 is 1.07 bits per heavy atom. The number of benzene rings is 2. The zero-order chi connectivity index (χ0) is 21.3. The lowest BCUT2D eigenvalue weighted by Gasteiger charge is -2.11. The molecule has 154 valence electrons. The predicted molar refractivity (Wildman–Crippen MR) is 116 cm³/mol. The van der Waals surface area contributed by atoms with Gasteiger partial charge in [-0.3, -0.25) is 4.79 Å². The lowest BCUT2D eigenvalue weighted by molar-refractivity contribution is -0.119. The first kappa shape index (κ1) is 20.7. The van der Waals surface area contributed by atoms with E-state index in [0.29, 0.717) is 10.9 Å². The summed E-state index contributed by atoms with van der Waals surface area (Å²) in [6.07, 6.45) is 2.09. The highest BCUT2D eigenvalue weighted by molar-refractivity contribution is 6.42. The average Bonchev–Trinajstić information content (AvgIpc) is 3.48. The summed E-state index contributed by atoms with van der Waals surface area (Å²) in [6, 6.07) is 13.9. The number of para-hydroxylation sites is 1. The van der Waals surface area contributed by atoms with Crippen molar-refractivity contribution in [1.29, 1.82) is 0 Å². The van der Waals surface area contributed by atoms with Crippen molar-refractivity contribution in [2.75, 3.05) is 11.9 Å². The monoisotopic (exact) mass is 463 g/mol. The van der Waals surface area contributed by atoms with Crippen LogP contribution in [0.1, 0.15) is 34.9 Å². The smallest absolute Gasteiger partial charge is 0.357 e. The van der Waals surface area contributed by atoms with Gasteiger partial charge in [0.05, 0.1) is 27.1 Å². The first-order valence-electron chi connectivity index (χ1n) is 9.19. The Hall–Kier alpha value is -2.54. The van der Waals surface area contributed by atoms with E-state index in [0.717, 1.165) is 24.2 Å². The van der Waals surface area contributed by atoms with Gasteiger partial charge in [0.25, 0.3) is 5.91 Å². The fraction of sp³-hybridized carbons (Fsp3) is 0.190. The van der Waals surface area contributed by atoms with Crippen molar-refractivity contribution in [3.8, 4) is 5.69 Å². The van der Waals surface area contributed by atoms with Crippen molar-refractivity contribution in [2.45, 2.75) is 18.8 Å². The molecule has 1 heterocycles. The van der Waals surface area contributed by atoms with Crippen LogP contribution in [0.15, 0.2) is 48.5 Å². The van der Waals surface area contributed by atoms with Gasteiger partial charge in [0.2, 0.25) is 0 Å². The van der Waals surface area contributed by atoms with E-state index in [4.69, 9.17) is 39.5 Å². The minimum Gasteiger partial charge on any atom is -0.451 e. The van der Waals surface area contributed by atoms with E-state index in [2.05, 4.69) is 10.4 Å². The molecule has 0 aliphatic heterocycles. The Labute approximate surface area is 187 Å². The largest absolute Gasteiger partial charge is 0.451 e. The first-order valence-corrected chi connectivity index (χ1v) is 10.3. The van der Waals surface area contributed by atoms with Crippen molar-refractivity contribution < 1.29 is 14.3 Å². The third kappa shape index (κ3) is 4.61. The number of anilines is 1. The van der Waals surface area contributed by atoms with Crippen LogP contribution >= 0.6 is 34.8 Å². The molecule has 0 spiro atoms. The number of amides is 1. The minimum atomic E-state index is -0.651. The van der Waals surface area contributed by atoms with Crippen LogP contribution in [0.2, 0.25) is 15.1 Å². The Bertz CT molecular complexity index is 1090. The van der Waals surface area contributed by atoms with Gasteiger partial charge in [-0.15, -0.1) is 0 Å². The van der Waals surface area contributed by atoms with Gasteiger partial charge in [-0.05, 0) is 43.2 Å². The summed E-state index contributed by atoms with van der Waals surface area (Å²) in [5, 5.41) is 7.80. The zero-order valence-corrected chi connectivity index (χ0v) is 17.8. The van der Waals surface area contributed by atoms with Crippen molar-refractivity contribution in [1.82, 2.24) is 9.78 Å². The van der Waals surface area contributed by atoms with Crippen LogP contribution < -0.4 is 5.32 Å². The van der Waals surface area contributed by atoms with E-state index in [9.17, 15) is 9.59 Å². The van der Waals surface area contributed by atoms with Crippen LogP contribution in [-0.2, 0) is 9.53 Å². The summed E-state index contributed by atoms with van der Waals surface area (Å²) in [6.45, 7) is -0.507. The summed E-state index contributed by atoms with van der Waals surface area (Å²) >= 11 is 18.0. The number of carbonyl (C=O) groups is 2. The molecule has 9 heteroatoms. The van der Waals surface area contributed by atoms with Gasteiger partial charge in [0, 0.05) is 10.9 Å². The molecule has 6 nitrogen and oxygen atoms in total. The van der Waals surface area contributed by atoms with Gasteiger partial charge in [0.1, 0.15) is 0 Å². The van der Waals surface area contributed by atoms with Gasteiger partial charge >= 0.3 is 5.97 Å². The number of carbonyl (C=O) groups excluding carboxylic acids is 2. The van der Waals surface area contributed by atoms with Gasteiger partial charge in [-0.1, -0.05) is 53.0 Å². The number of nitrogens with one attached hydrogen (secondary N) is 1. The van der Waals surface area contributed by atoms with Crippen LogP contribution in [0.5, 0.6) is 0 Å². The third-order valence-electron chi connectivity index (χ3n) is 4.54. The van der Waals surface area contributed by atoms with Crippen molar-refractivity contribution in [3.05, 3.63) is 75.0 Å². The summed E-state index contributed by atoms with van der Waals surface area (Å²) in [7, 11) is 0. The molecule has 0 unspecified atom stereocenters. The van der Waals surface area contributed by atoms with E-state index in [-0.39, 0.29) is 21.4 Å². The van der Waals surface area contributed by atoms with Crippen molar-refractivity contribution in [3.63, 3.8) is 0 Å². The lowest BCUT2D eigenvalue weighted by Crippen LogP contribution is -2.22. The Kier molecular flexibility index (Phi) is 5.99. The van der Waals surface area contributed by atoms with Crippen LogP contribution in [0.3, 0.4) is 0 Å². The Balaban J connectivity index is 1.47. The number of halogens is 3. The zero-order valence-electron chi connectivity index (χ0n) is 15.6. The molecule has 3 aromatic rings. The summed E-state index contributed by atoms with van der Waals surface area (Å²) in [4.78, 5) is 25.0. The second-order valence-corrected chi connectivity index (χ2v) is 8.10. The number of hydrogen-bond donors (Lipinski definition) is 1. The van der Waals surface area contributed by atoms with Gasteiger partial charge in [0.15, 0.2) is 12.3 Å². The van der Waals surface area contributed by atoms with Crippen LogP contribution in [0.25, 0.3) is 5.69 Å². The molecular formula is C21H16Cl3N3O3. The number of hydrogen-bond acceptors (Lipinski definition) is 4. The Morgan fingerprint density at radius 2 is 1.73 bits per heavy atom. The molecule has 1 aliphatic rings. The fourth-order valence-corrected chi connectivity index (χ4v) is 3.84. The first-order chi connectivity index (χ1) is 14.4. The second kappa shape index (κ2) is 8.68.